The second-order valence-electron chi connectivity index (χ2n) is 6.12. The highest BCUT2D eigenvalue weighted by molar-refractivity contribution is 7.93. The van der Waals surface area contributed by atoms with Crippen LogP contribution in [0.2, 0.25) is 0 Å². The Hall–Kier alpha value is -1.72. The zero-order chi connectivity index (χ0) is 17.3. The Labute approximate surface area is 146 Å². The number of rotatable bonds is 5. The number of sulfone groups is 1. The Morgan fingerprint density at radius 2 is 2.00 bits per heavy atom. The van der Waals surface area contributed by atoms with Gasteiger partial charge in [0.1, 0.15) is 5.25 Å². The standard InChI is InChI=1S/C19H20O3S2/c1-3-4-10-24(21,22)18-7-5-6-15(19(18)20)17-12-14-9-8-13(2)11-16(14)23-17/h5-9,11-12,18H,3-4,10H2,1-2H3. The molecule has 1 aliphatic carbocycles. The Morgan fingerprint density at radius 3 is 2.75 bits per heavy atom. The molecule has 2 aromatic rings. The van der Waals surface area contributed by atoms with Gasteiger partial charge in [-0.3, -0.25) is 4.79 Å². The van der Waals surface area contributed by atoms with E-state index in [0.29, 0.717) is 12.0 Å². The number of benzene rings is 1. The molecule has 0 saturated carbocycles. The van der Waals surface area contributed by atoms with Crippen molar-refractivity contribution in [3.05, 3.63) is 52.9 Å². The maximum Gasteiger partial charge on any atom is 0.186 e. The molecule has 0 radical (unpaired) electrons. The maximum absolute atomic E-state index is 12.8. The molecule has 0 saturated heterocycles. The molecule has 1 heterocycles. The average Bonchev–Trinajstić information content (AvgIpc) is 2.95. The van der Waals surface area contributed by atoms with Gasteiger partial charge >= 0.3 is 0 Å². The summed E-state index contributed by atoms with van der Waals surface area (Å²) in [5.41, 5.74) is 1.67. The minimum atomic E-state index is -3.44. The second-order valence-corrected chi connectivity index (χ2v) is 9.45. The van der Waals surface area contributed by atoms with Crippen molar-refractivity contribution in [1.29, 1.82) is 0 Å². The first kappa shape index (κ1) is 17.1. The number of Topliss-reactive ketones (excluding diaryl/α,β-unsaturated/α-hetero) is 1. The third kappa shape index (κ3) is 3.23. The molecule has 0 fully saturated rings. The van der Waals surface area contributed by atoms with Crippen LogP contribution in [0.15, 0.2) is 42.5 Å². The molecule has 24 heavy (non-hydrogen) atoms. The lowest BCUT2D eigenvalue weighted by Crippen LogP contribution is -2.32. The van der Waals surface area contributed by atoms with Crippen molar-refractivity contribution >= 4 is 42.6 Å². The Balaban J connectivity index is 1.95. The molecule has 3 rings (SSSR count). The van der Waals surface area contributed by atoms with Crippen molar-refractivity contribution in [2.75, 3.05) is 5.75 Å². The van der Waals surface area contributed by atoms with Crippen molar-refractivity contribution < 1.29 is 13.2 Å². The lowest BCUT2D eigenvalue weighted by molar-refractivity contribution is -0.112. The van der Waals surface area contributed by atoms with Crippen LogP contribution >= 0.6 is 11.3 Å². The summed E-state index contributed by atoms with van der Waals surface area (Å²) in [5, 5.41) is 0.0326. The number of allylic oxidation sites excluding steroid dienone is 3. The Kier molecular flexibility index (Phi) is 4.74. The zero-order valence-electron chi connectivity index (χ0n) is 13.8. The molecule has 0 bridgehead atoms. The van der Waals surface area contributed by atoms with Gasteiger partial charge in [-0.2, -0.15) is 0 Å². The largest absolute Gasteiger partial charge is 0.292 e. The Bertz CT molecular complexity index is 946. The number of aryl methyl sites for hydroxylation is 1. The van der Waals surface area contributed by atoms with Crippen LogP contribution in [-0.4, -0.2) is 25.2 Å². The van der Waals surface area contributed by atoms with Crippen molar-refractivity contribution in [2.45, 2.75) is 31.9 Å². The first-order valence-electron chi connectivity index (χ1n) is 8.07. The van der Waals surface area contributed by atoms with Crippen LogP contribution in [-0.2, 0) is 14.6 Å². The molecular weight excluding hydrogens is 340 g/mol. The van der Waals surface area contributed by atoms with Gasteiger partial charge in [-0.15, -0.1) is 11.3 Å². The first-order chi connectivity index (χ1) is 11.4. The van der Waals surface area contributed by atoms with Crippen molar-refractivity contribution in [3.8, 4) is 0 Å². The second kappa shape index (κ2) is 6.65. The highest BCUT2D eigenvalue weighted by atomic mass is 32.2. The van der Waals surface area contributed by atoms with E-state index in [1.54, 1.807) is 12.2 Å². The summed E-state index contributed by atoms with van der Waals surface area (Å²) >= 11 is 1.53. The van der Waals surface area contributed by atoms with E-state index in [2.05, 4.69) is 6.07 Å². The molecule has 1 aliphatic rings. The summed E-state index contributed by atoms with van der Waals surface area (Å²) in [5.74, 6) is -0.250. The molecule has 0 aliphatic heterocycles. The molecule has 1 aromatic carbocycles. The van der Waals surface area contributed by atoms with Gasteiger partial charge in [0.25, 0.3) is 0 Å². The van der Waals surface area contributed by atoms with E-state index in [9.17, 15) is 13.2 Å². The third-order valence-electron chi connectivity index (χ3n) is 4.18. The van der Waals surface area contributed by atoms with Gasteiger partial charge in [0, 0.05) is 15.2 Å². The van der Waals surface area contributed by atoms with Crippen molar-refractivity contribution in [3.63, 3.8) is 0 Å². The van der Waals surface area contributed by atoms with Crippen LogP contribution in [0.3, 0.4) is 0 Å². The molecule has 126 valence electrons. The molecule has 3 nitrogen and oxygen atoms in total. The monoisotopic (exact) mass is 360 g/mol. The summed E-state index contributed by atoms with van der Waals surface area (Å²) < 4.78 is 26.0. The summed E-state index contributed by atoms with van der Waals surface area (Å²) in [6, 6.07) is 8.12. The molecule has 1 unspecified atom stereocenters. The number of fused-ring (bicyclic) bond motifs is 1. The minimum absolute atomic E-state index is 0.0587. The van der Waals surface area contributed by atoms with Gasteiger partial charge < -0.3 is 0 Å². The van der Waals surface area contributed by atoms with Crippen molar-refractivity contribution in [1.82, 2.24) is 0 Å². The average molecular weight is 361 g/mol. The number of unbranched alkanes of at least 4 members (excludes halogenated alkanes) is 1. The molecule has 0 N–H and O–H groups in total. The predicted molar refractivity (Wildman–Crippen MR) is 101 cm³/mol. The first-order valence-corrected chi connectivity index (χ1v) is 10.6. The maximum atomic E-state index is 12.8. The normalized spacial score (nSPS) is 18.2. The van der Waals surface area contributed by atoms with E-state index >= 15 is 0 Å². The van der Waals surface area contributed by atoms with Crippen LogP contribution in [0, 0.1) is 6.92 Å². The number of carbonyl (C=O) groups excluding carboxylic acids is 1. The molecule has 0 spiro atoms. The molecule has 1 aromatic heterocycles. The quantitative estimate of drug-likeness (QED) is 0.798. The van der Waals surface area contributed by atoms with E-state index in [1.165, 1.54) is 23.0 Å². The lowest BCUT2D eigenvalue weighted by Gasteiger charge is -2.17. The highest BCUT2D eigenvalue weighted by Crippen LogP contribution is 2.34. The van der Waals surface area contributed by atoms with E-state index in [-0.39, 0.29) is 11.5 Å². The van der Waals surface area contributed by atoms with Gasteiger partial charge in [-0.1, -0.05) is 43.7 Å². The number of carbonyl (C=O) groups is 1. The predicted octanol–water partition coefficient (Wildman–Crippen LogP) is 4.32. The van der Waals surface area contributed by atoms with Gasteiger partial charge in [0.05, 0.1) is 5.75 Å². The van der Waals surface area contributed by atoms with Gasteiger partial charge in [-0.05, 0) is 36.4 Å². The molecule has 0 amide bonds. The Morgan fingerprint density at radius 1 is 1.21 bits per heavy atom. The van der Waals surface area contributed by atoms with E-state index in [1.807, 2.05) is 32.0 Å². The van der Waals surface area contributed by atoms with Gasteiger partial charge in [0.2, 0.25) is 0 Å². The summed E-state index contributed by atoms with van der Waals surface area (Å²) in [4.78, 5) is 13.6. The van der Waals surface area contributed by atoms with Crippen LogP contribution < -0.4 is 0 Å². The number of thiophene rings is 1. The molecule has 1 atom stereocenters. The summed E-state index contributed by atoms with van der Waals surface area (Å²) in [6.45, 7) is 3.97. The van der Waals surface area contributed by atoms with Gasteiger partial charge in [0.15, 0.2) is 15.6 Å². The van der Waals surface area contributed by atoms with Crippen LogP contribution in [0.25, 0.3) is 15.7 Å². The fraction of sp³-hybridized carbons (Fsp3) is 0.316. The number of hydrogen-bond acceptors (Lipinski definition) is 4. The van der Waals surface area contributed by atoms with E-state index < -0.39 is 15.1 Å². The van der Waals surface area contributed by atoms with Crippen molar-refractivity contribution in [2.24, 2.45) is 0 Å². The summed E-state index contributed by atoms with van der Waals surface area (Å²) in [7, 11) is -3.44. The van der Waals surface area contributed by atoms with E-state index in [4.69, 9.17) is 0 Å². The van der Waals surface area contributed by atoms with Crippen LogP contribution in [0.1, 0.15) is 30.2 Å². The zero-order valence-corrected chi connectivity index (χ0v) is 15.4. The topological polar surface area (TPSA) is 51.2 Å². The van der Waals surface area contributed by atoms with Crippen LogP contribution in [0.4, 0.5) is 0 Å². The fourth-order valence-corrected chi connectivity index (χ4v) is 5.72. The fourth-order valence-electron chi connectivity index (χ4n) is 2.81. The number of hydrogen-bond donors (Lipinski definition) is 0. The molecule has 5 heteroatoms. The van der Waals surface area contributed by atoms with Gasteiger partial charge in [-0.25, -0.2) is 8.42 Å². The SMILES string of the molecule is CCCCS(=O)(=O)C1C=CC=C(c2cc3ccc(C)cc3s2)C1=O. The highest BCUT2D eigenvalue weighted by Gasteiger charge is 2.34. The van der Waals surface area contributed by atoms with Crippen LogP contribution in [0.5, 0.6) is 0 Å². The van der Waals surface area contributed by atoms with E-state index in [0.717, 1.165) is 21.4 Å². The minimum Gasteiger partial charge on any atom is -0.292 e. The lowest BCUT2D eigenvalue weighted by atomic mass is 10.0. The summed E-state index contributed by atoms with van der Waals surface area (Å²) in [6.07, 6.45) is 6.31. The smallest absolute Gasteiger partial charge is 0.186 e. The number of ketones is 1. The molecular formula is C19H20O3S2. The third-order valence-corrected chi connectivity index (χ3v) is 7.32.